The Morgan fingerprint density at radius 2 is 1.00 bits per heavy atom. The van der Waals surface area contributed by atoms with Gasteiger partial charge in [0.05, 0.1) is 13.2 Å². The van der Waals surface area contributed by atoms with Crippen LogP contribution < -0.4 is 10.6 Å². The Bertz CT molecular complexity index is 879. The first kappa shape index (κ1) is 48.6. The van der Waals surface area contributed by atoms with Gasteiger partial charge in [-0.05, 0) is 64.2 Å². The molecule has 0 spiro atoms. The summed E-state index contributed by atoms with van der Waals surface area (Å²) >= 11 is 0. The molecule has 2 amide bonds. The van der Waals surface area contributed by atoms with E-state index in [9.17, 15) is 19.2 Å². The number of aliphatic carboxylic acids is 1. The lowest BCUT2D eigenvalue weighted by Gasteiger charge is -2.18. The number of unbranched alkanes of at least 4 members (excludes halogenated alkanes) is 22. The topological polar surface area (TPSA) is 142 Å². The average Bonchev–Trinajstić information content (AvgIpc) is 3.11. The monoisotopic (exact) mass is 723 g/mol. The van der Waals surface area contributed by atoms with Crippen LogP contribution >= 0.6 is 0 Å². The molecule has 0 saturated heterocycles. The molecule has 0 aromatic rings. The number of amides is 2. The molecule has 0 heterocycles. The Hall–Kier alpha value is -2.42. The van der Waals surface area contributed by atoms with E-state index in [0.29, 0.717) is 12.8 Å². The summed E-state index contributed by atoms with van der Waals surface area (Å²) in [6.45, 7) is 3.43. The zero-order valence-corrected chi connectivity index (χ0v) is 32.9. The number of allylic oxidation sites excluding steroid dienone is 2. The van der Waals surface area contributed by atoms with Crippen LogP contribution in [0.15, 0.2) is 12.2 Å². The lowest BCUT2D eigenvalue weighted by molar-refractivity contribution is -0.150. The molecule has 51 heavy (non-hydrogen) atoms. The number of aliphatic hydroxyl groups is 1. The smallest absolute Gasteiger partial charge is 0.328 e. The van der Waals surface area contributed by atoms with E-state index < -0.39 is 24.5 Å². The predicted molar refractivity (Wildman–Crippen MR) is 209 cm³/mol. The van der Waals surface area contributed by atoms with Crippen molar-refractivity contribution in [2.24, 2.45) is 0 Å². The van der Waals surface area contributed by atoms with Gasteiger partial charge in [-0.1, -0.05) is 142 Å². The van der Waals surface area contributed by atoms with Crippen LogP contribution in [0.1, 0.15) is 206 Å². The van der Waals surface area contributed by atoms with Crippen molar-refractivity contribution in [2.45, 2.75) is 219 Å². The number of rotatable bonds is 38. The number of carbonyl (C=O) groups is 4. The summed E-state index contributed by atoms with van der Waals surface area (Å²) < 4.78 is 5.95. The highest BCUT2D eigenvalue weighted by Crippen LogP contribution is 2.18. The van der Waals surface area contributed by atoms with E-state index in [1.165, 1.54) is 122 Å². The van der Waals surface area contributed by atoms with Crippen LogP contribution in [-0.4, -0.2) is 59.3 Å². The van der Waals surface area contributed by atoms with Crippen LogP contribution in [-0.2, 0) is 23.9 Å². The average molecular weight is 723 g/mol. The van der Waals surface area contributed by atoms with Gasteiger partial charge in [0.1, 0.15) is 12.1 Å². The number of carboxylic acids is 1. The summed E-state index contributed by atoms with van der Waals surface area (Å²) in [5, 5.41) is 22.5. The van der Waals surface area contributed by atoms with Crippen molar-refractivity contribution < 1.29 is 34.1 Å². The summed E-state index contributed by atoms with van der Waals surface area (Å²) in [6.07, 6.45) is 38.3. The number of nitrogens with one attached hydrogen (secondary N) is 2. The molecule has 9 nitrogen and oxygen atoms in total. The molecule has 0 radical (unpaired) electrons. The van der Waals surface area contributed by atoms with Crippen molar-refractivity contribution in [3.8, 4) is 0 Å². The van der Waals surface area contributed by atoms with Crippen LogP contribution in [0, 0.1) is 0 Å². The van der Waals surface area contributed by atoms with Crippen LogP contribution in [0.4, 0.5) is 0 Å². The third-order valence-electron chi connectivity index (χ3n) is 9.51. The highest BCUT2D eigenvalue weighted by Gasteiger charge is 2.19. The minimum atomic E-state index is -1.38. The number of ether oxygens (including phenoxy) is 1. The van der Waals surface area contributed by atoms with Crippen molar-refractivity contribution in [1.29, 1.82) is 0 Å². The third kappa shape index (κ3) is 34.4. The number of hydrogen-bond donors (Lipinski definition) is 4. The summed E-state index contributed by atoms with van der Waals surface area (Å²) in [4.78, 5) is 47.4. The second-order valence-corrected chi connectivity index (χ2v) is 14.4. The Kier molecular flexibility index (Phi) is 35.6. The molecule has 0 fully saturated rings. The van der Waals surface area contributed by atoms with Crippen molar-refractivity contribution in [3.63, 3.8) is 0 Å². The van der Waals surface area contributed by atoms with Gasteiger partial charge in [0.2, 0.25) is 11.8 Å². The van der Waals surface area contributed by atoms with Crippen LogP contribution in [0.2, 0.25) is 0 Å². The van der Waals surface area contributed by atoms with Crippen molar-refractivity contribution in [2.75, 3.05) is 13.2 Å². The molecule has 0 aromatic heterocycles. The van der Waals surface area contributed by atoms with Gasteiger partial charge in [-0.2, -0.15) is 0 Å². The van der Waals surface area contributed by atoms with Gasteiger partial charge in [-0.15, -0.1) is 0 Å². The van der Waals surface area contributed by atoms with Gasteiger partial charge >= 0.3 is 11.9 Å². The van der Waals surface area contributed by atoms with Crippen molar-refractivity contribution in [1.82, 2.24) is 10.6 Å². The molecular weight excluding hydrogens is 644 g/mol. The molecule has 0 aliphatic carbocycles. The van der Waals surface area contributed by atoms with Crippen molar-refractivity contribution in [3.05, 3.63) is 12.2 Å². The number of carboxylic acid groups (broad SMARTS) is 1. The molecular formula is C42H78N2O7. The van der Waals surface area contributed by atoms with E-state index in [4.69, 9.17) is 14.9 Å². The minimum absolute atomic E-state index is 0.0368. The fourth-order valence-electron chi connectivity index (χ4n) is 6.24. The standard InChI is InChI=1S/C42H78N2O7/c1-3-5-7-9-10-11-12-13-14-15-16-17-18-19-20-21-22-24-30-34-41(48)51-37(31-27-23-8-6-4-2)32-28-25-26-29-33-39(46)43-35-40(47)44-38(36-45)42(49)50/h13-14,37-38,45H,3-12,15-36H2,1-2H3,(H,43,46)(H,44,47)(H,49,50)/b14-13-. The Balaban J connectivity index is 4.00. The lowest BCUT2D eigenvalue weighted by Crippen LogP contribution is -2.47. The molecule has 0 aliphatic heterocycles. The molecule has 0 aliphatic rings. The van der Waals surface area contributed by atoms with Gasteiger partial charge in [0, 0.05) is 12.8 Å². The first-order valence-electron chi connectivity index (χ1n) is 21.1. The highest BCUT2D eigenvalue weighted by molar-refractivity contribution is 5.87. The molecule has 4 N–H and O–H groups in total. The van der Waals surface area contributed by atoms with Crippen LogP contribution in [0.3, 0.4) is 0 Å². The summed E-state index contributed by atoms with van der Waals surface area (Å²) in [6, 6.07) is -1.38. The maximum Gasteiger partial charge on any atom is 0.328 e. The number of carbonyl (C=O) groups excluding carboxylic acids is 3. The van der Waals surface area contributed by atoms with Gasteiger partial charge in [-0.25, -0.2) is 4.79 Å². The Morgan fingerprint density at radius 1 is 0.569 bits per heavy atom. The third-order valence-corrected chi connectivity index (χ3v) is 9.51. The number of esters is 1. The second-order valence-electron chi connectivity index (χ2n) is 14.4. The zero-order valence-electron chi connectivity index (χ0n) is 32.9. The van der Waals surface area contributed by atoms with Crippen molar-refractivity contribution >= 4 is 23.8 Å². The molecule has 0 saturated carbocycles. The van der Waals surface area contributed by atoms with Gasteiger partial charge < -0.3 is 25.6 Å². The van der Waals surface area contributed by atoms with Gasteiger partial charge in [0.15, 0.2) is 0 Å². The first-order chi connectivity index (χ1) is 24.8. The van der Waals surface area contributed by atoms with Gasteiger partial charge in [-0.3, -0.25) is 14.4 Å². The molecule has 0 bridgehead atoms. The fourth-order valence-corrected chi connectivity index (χ4v) is 6.24. The SMILES string of the molecule is CCCCCCCC/C=C\CCCCCCCCCCCC(=O)OC(CCCCCCC)CCCCCCC(=O)NCC(=O)NC(CO)C(=O)O. The van der Waals surface area contributed by atoms with E-state index in [2.05, 4.69) is 36.6 Å². The maximum absolute atomic E-state index is 12.7. The van der Waals surface area contributed by atoms with E-state index in [-0.39, 0.29) is 30.9 Å². The summed E-state index contributed by atoms with van der Waals surface area (Å²) in [7, 11) is 0. The summed E-state index contributed by atoms with van der Waals surface area (Å²) in [5.74, 6) is -2.33. The van der Waals surface area contributed by atoms with Gasteiger partial charge in [0.25, 0.3) is 0 Å². The second kappa shape index (κ2) is 37.3. The molecule has 2 unspecified atom stereocenters. The lowest BCUT2D eigenvalue weighted by atomic mass is 10.0. The normalized spacial score (nSPS) is 12.5. The predicted octanol–water partition coefficient (Wildman–Crippen LogP) is 9.88. The Labute approximate surface area is 311 Å². The molecule has 2 atom stereocenters. The quantitative estimate of drug-likeness (QED) is 0.0282. The highest BCUT2D eigenvalue weighted by atomic mass is 16.5. The van der Waals surface area contributed by atoms with E-state index in [1.807, 2.05) is 0 Å². The van der Waals surface area contributed by atoms with E-state index in [1.54, 1.807) is 0 Å². The number of hydrogen-bond acceptors (Lipinski definition) is 6. The molecule has 9 heteroatoms. The number of aliphatic hydroxyl groups excluding tert-OH is 1. The van der Waals surface area contributed by atoms with E-state index in [0.717, 1.165) is 51.4 Å². The molecule has 0 rings (SSSR count). The first-order valence-corrected chi connectivity index (χ1v) is 21.1. The zero-order chi connectivity index (χ0) is 37.6. The van der Waals surface area contributed by atoms with Crippen LogP contribution in [0.25, 0.3) is 0 Å². The van der Waals surface area contributed by atoms with Crippen LogP contribution in [0.5, 0.6) is 0 Å². The minimum Gasteiger partial charge on any atom is -0.480 e. The Morgan fingerprint density at radius 3 is 1.47 bits per heavy atom. The largest absolute Gasteiger partial charge is 0.480 e. The maximum atomic E-state index is 12.7. The van der Waals surface area contributed by atoms with E-state index >= 15 is 0 Å². The molecule has 0 aromatic carbocycles. The fraction of sp³-hybridized carbons (Fsp3) is 0.857. The summed E-state index contributed by atoms with van der Waals surface area (Å²) in [5.41, 5.74) is 0. The molecule has 298 valence electrons.